The minimum absolute atomic E-state index is 0.0183. The van der Waals surface area contributed by atoms with Gasteiger partial charge in [-0.1, -0.05) is 0 Å². The van der Waals surface area contributed by atoms with E-state index >= 15 is 0 Å². The molecule has 0 radical (unpaired) electrons. The van der Waals surface area contributed by atoms with E-state index in [0.717, 1.165) is 17.0 Å². The number of rotatable bonds is 6. The van der Waals surface area contributed by atoms with Crippen LogP contribution in [0.2, 0.25) is 0 Å². The lowest BCUT2D eigenvalue weighted by Crippen LogP contribution is -2.53. The Kier molecular flexibility index (Phi) is 7.84. The Labute approximate surface area is 221 Å². The van der Waals surface area contributed by atoms with E-state index < -0.39 is 90.3 Å². The molecule has 2 aliphatic rings. The third-order valence-electron chi connectivity index (χ3n) is 6.48. The van der Waals surface area contributed by atoms with Crippen molar-refractivity contribution in [2.24, 2.45) is 0 Å². The van der Waals surface area contributed by atoms with Crippen molar-refractivity contribution < 1.29 is 54.4 Å². The molecule has 19 heteroatoms. The summed E-state index contributed by atoms with van der Waals surface area (Å²) in [5.41, 5.74) is -3.45. The number of nitrogens with zero attached hydrogens (tertiary/aromatic N) is 2. The first-order valence-electron chi connectivity index (χ1n) is 11.6. The molecule has 2 aliphatic heterocycles. The Morgan fingerprint density at radius 3 is 2.02 bits per heavy atom. The average Bonchev–Trinajstić information content (AvgIpc) is 3.31. The van der Waals surface area contributed by atoms with Gasteiger partial charge in [0.2, 0.25) is 6.29 Å². The van der Waals surface area contributed by atoms with E-state index in [1.807, 2.05) is 9.97 Å². The van der Waals surface area contributed by atoms with E-state index in [4.69, 9.17) is 14.2 Å². The predicted molar refractivity (Wildman–Crippen MR) is 124 cm³/mol. The van der Waals surface area contributed by atoms with Crippen molar-refractivity contribution in [1.82, 2.24) is 19.1 Å². The first-order valence-corrected chi connectivity index (χ1v) is 11.6. The van der Waals surface area contributed by atoms with Crippen LogP contribution in [0.15, 0.2) is 31.6 Å². The highest BCUT2D eigenvalue weighted by molar-refractivity contribution is 5.61. The van der Waals surface area contributed by atoms with Crippen LogP contribution >= 0.6 is 0 Å². The van der Waals surface area contributed by atoms with E-state index in [0.29, 0.717) is 4.57 Å². The molecule has 4 heterocycles. The van der Waals surface area contributed by atoms with Crippen LogP contribution in [0.25, 0.3) is 0 Å². The van der Waals surface area contributed by atoms with Gasteiger partial charge in [-0.25, -0.2) is 14.4 Å². The Morgan fingerprint density at radius 2 is 1.50 bits per heavy atom. The molecule has 40 heavy (non-hydrogen) atoms. The maximum atomic E-state index is 12.4. The Balaban J connectivity index is 1.49. The number of hydrogen-bond acceptors (Lipinski definition) is 15. The zero-order valence-corrected chi connectivity index (χ0v) is 20.7. The topological polar surface area (TPSA) is 285 Å². The van der Waals surface area contributed by atoms with Crippen molar-refractivity contribution >= 4 is 6.16 Å². The van der Waals surface area contributed by atoms with Gasteiger partial charge in [-0.2, -0.15) is 0 Å². The average molecular weight is 574 g/mol. The number of ether oxygens (including phenoxy) is 4. The quantitative estimate of drug-likeness (QED) is 0.118. The molecule has 0 saturated carbocycles. The molecular weight excluding hydrogens is 548 g/mol. The fraction of sp³-hybridized carbons (Fsp3) is 0.571. The van der Waals surface area contributed by atoms with Gasteiger partial charge in [-0.3, -0.25) is 28.7 Å². The number of carbonyl (C=O) groups is 1. The van der Waals surface area contributed by atoms with Crippen molar-refractivity contribution in [2.75, 3.05) is 6.61 Å². The molecule has 2 aromatic heterocycles. The first kappa shape index (κ1) is 29.3. The molecule has 0 bridgehead atoms. The first-order chi connectivity index (χ1) is 18.7. The van der Waals surface area contributed by atoms with Crippen LogP contribution in [0.5, 0.6) is 0 Å². The van der Waals surface area contributed by atoms with Gasteiger partial charge < -0.3 is 49.6 Å². The minimum Gasteiger partial charge on any atom is -0.401 e. The van der Waals surface area contributed by atoms with Gasteiger partial charge in [0, 0.05) is 23.5 Å². The summed E-state index contributed by atoms with van der Waals surface area (Å²) in [5, 5.41) is 62.2. The van der Waals surface area contributed by atoms with E-state index in [1.54, 1.807) is 0 Å². The fourth-order valence-electron chi connectivity index (χ4n) is 4.28. The number of aromatic amines is 2. The van der Waals surface area contributed by atoms with Crippen molar-refractivity contribution in [2.45, 2.75) is 68.9 Å². The van der Waals surface area contributed by atoms with Crippen LogP contribution in [-0.4, -0.2) is 105 Å². The molecule has 2 fully saturated rings. The van der Waals surface area contributed by atoms with Gasteiger partial charge >= 0.3 is 17.5 Å². The number of aromatic nitrogens is 4. The molecule has 19 nitrogen and oxygen atoms in total. The van der Waals surface area contributed by atoms with Crippen LogP contribution in [0.4, 0.5) is 4.79 Å². The highest BCUT2D eigenvalue weighted by atomic mass is 16.8. The molecule has 5 unspecified atom stereocenters. The molecular formula is C21H26N4O15. The zero-order chi connectivity index (χ0) is 29.7. The molecule has 2 saturated heterocycles. The van der Waals surface area contributed by atoms with E-state index in [1.165, 1.54) is 13.8 Å². The SMILES string of the molecule is Cc1cn([C@@H]2O[C@H](C(O)OC(=O)OC3(O)C(O)[C@H](n4cc(C)c(=O)[nH]c4=O)O[C@@H]3CO)C(O)C2O)c(=O)[nH]c1=O. The molecule has 8 N–H and O–H groups in total. The summed E-state index contributed by atoms with van der Waals surface area (Å²) in [7, 11) is 0. The van der Waals surface area contributed by atoms with Gasteiger partial charge in [0.15, 0.2) is 30.8 Å². The Bertz CT molecular complexity index is 1510. The second-order valence-corrected chi connectivity index (χ2v) is 9.18. The van der Waals surface area contributed by atoms with Gasteiger partial charge in [-0.15, -0.1) is 0 Å². The second-order valence-electron chi connectivity index (χ2n) is 9.18. The van der Waals surface area contributed by atoms with Crippen LogP contribution < -0.4 is 22.5 Å². The standard InChI is InChI=1S/C21H26N4O15/c1-6-3-24(18(33)22-13(6)30)15-10(28)9(27)11(38-15)17(32)39-20(35)40-21(36)8(5-26)37-16(12(21)29)25-4-7(2)14(31)23-19(25)34/h3-4,8-12,15-17,26-29,32,36H,5H2,1-2H3,(H,22,30,33)(H,23,31,34)/t8-,9?,10?,11+,12?,15-,16-,17?,21?/m1/s1. The zero-order valence-electron chi connectivity index (χ0n) is 20.7. The summed E-state index contributed by atoms with van der Waals surface area (Å²) in [6.07, 6.45) is -15.4. The highest BCUT2D eigenvalue weighted by Crippen LogP contribution is 2.38. The molecule has 220 valence electrons. The molecule has 0 aliphatic carbocycles. The van der Waals surface area contributed by atoms with Crippen molar-refractivity contribution in [3.63, 3.8) is 0 Å². The number of aryl methyl sites for hydroxylation is 2. The normalized spacial score (nSPS) is 32.6. The lowest BCUT2D eigenvalue weighted by Gasteiger charge is -2.30. The van der Waals surface area contributed by atoms with Gasteiger partial charge in [-0.05, 0) is 13.8 Å². The molecule has 0 spiro atoms. The van der Waals surface area contributed by atoms with Gasteiger partial charge in [0.1, 0.15) is 12.2 Å². The van der Waals surface area contributed by atoms with E-state index in [9.17, 15) is 54.6 Å². The summed E-state index contributed by atoms with van der Waals surface area (Å²) < 4.78 is 21.3. The summed E-state index contributed by atoms with van der Waals surface area (Å²) in [6, 6.07) is 0. The summed E-state index contributed by atoms with van der Waals surface area (Å²) in [4.78, 5) is 63.9. The monoisotopic (exact) mass is 574 g/mol. The molecule has 0 amide bonds. The largest absolute Gasteiger partial charge is 0.513 e. The maximum absolute atomic E-state index is 12.4. The molecule has 0 aromatic carbocycles. The smallest absolute Gasteiger partial charge is 0.401 e. The number of aliphatic hydroxyl groups is 6. The number of nitrogens with one attached hydrogen (secondary N) is 2. The molecule has 9 atom stereocenters. The summed E-state index contributed by atoms with van der Waals surface area (Å²) in [5.74, 6) is -3.06. The fourth-order valence-corrected chi connectivity index (χ4v) is 4.28. The number of aliphatic hydroxyl groups excluding tert-OH is 5. The number of carbonyl (C=O) groups excluding carboxylic acids is 1. The molecule has 2 aromatic rings. The predicted octanol–water partition coefficient (Wildman–Crippen LogP) is -5.27. The van der Waals surface area contributed by atoms with Crippen LogP contribution in [0.3, 0.4) is 0 Å². The third kappa shape index (κ3) is 4.99. The van der Waals surface area contributed by atoms with Crippen molar-refractivity contribution in [1.29, 1.82) is 0 Å². The minimum atomic E-state index is -3.06. The maximum Gasteiger partial charge on any atom is 0.513 e. The van der Waals surface area contributed by atoms with Crippen LogP contribution in [0, 0.1) is 13.8 Å². The second kappa shape index (κ2) is 10.7. The number of hydrogen-bond donors (Lipinski definition) is 8. The Morgan fingerprint density at radius 1 is 0.975 bits per heavy atom. The number of H-pyrrole nitrogens is 2. The summed E-state index contributed by atoms with van der Waals surface area (Å²) >= 11 is 0. The highest BCUT2D eigenvalue weighted by Gasteiger charge is 2.60. The lowest BCUT2D eigenvalue weighted by molar-refractivity contribution is -0.256. The van der Waals surface area contributed by atoms with Crippen LogP contribution in [0.1, 0.15) is 23.6 Å². The van der Waals surface area contributed by atoms with E-state index in [-0.39, 0.29) is 11.1 Å². The van der Waals surface area contributed by atoms with Gasteiger partial charge in [0.25, 0.3) is 16.9 Å². The third-order valence-corrected chi connectivity index (χ3v) is 6.48. The lowest BCUT2D eigenvalue weighted by atomic mass is 10.1. The van der Waals surface area contributed by atoms with Crippen molar-refractivity contribution in [3.8, 4) is 0 Å². The van der Waals surface area contributed by atoms with Crippen LogP contribution in [-0.2, 0) is 18.9 Å². The van der Waals surface area contributed by atoms with Crippen molar-refractivity contribution in [3.05, 3.63) is 65.2 Å². The summed E-state index contributed by atoms with van der Waals surface area (Å²) in [6.45, 7) is 1.63. The Hall–Kier alpha value is -3.69. The van der Waals surface area contributed by atoms with E-state index in [2.05, 4.69) is 4.74 Å². The molecule has 4 rings (SSSR count). The van der Waals surface area contributed by atoms with Gasteiger partial charge in [0.05, 0.1) is 6.61 Å².